The van der Waals surface area contributed by atoms with Gasteiger partial charge in [0.05, 0.1) is 4.92 Å². The van der Waals surface area contributed by atoms with Crippen LogP contribution in [0.15, 0.2) is 12.3 Å². The zero-order valence-electron chi connectivity index (χ0n) is 11.3. The van der Waals surface area contributed by atoms with E-state index in [4.69, 9.17) is 0 Å². The maximum Gasteiger partial charge on any atom is 0.433 e. The highest BCUT2D eigenvalue weighted by atomic mass is 19.4. The fraction of sp³-hybridized carbons (Fsp3) is 0.583. The summed E-state index contributed by atoms with van der Waals surface area (Å²) in [5, 5.41) is 17.0. The Morgan fingerprint density at radius 3 is 2.81 bits per heavy atom. The summed E-state index contributed by atoms with van der Waals surface area (Å²) < 4.78 is 38.1. The molecular weight excluding hydrogens is 289 g/mol. The van der Waals surface area contributed by atoms with E-state index in [0.717, 1.165) is 19.4 Å². The lowest BCUT2D eigenvalue weighted by Crippen LogP contribution is -2.46. The summed E-state index contributed by atoms with van der Waals surface area (Å²) in [6.07, 6.45) is -2.41. The molecule has 6 nitrogen and oxygen atoms in total. The topological polar surface area (TPSA) is 80.1 Å². The molecule has 9 heteroatoms. The highest BCUT2D eigenvalue weighted by Gasteiger charge is 2.35. The number of anilines is 1. The van der Waals surface area contributed by atoms with Crippen LogP contribution in [0.25, 0.3) is 0 Å². The van der Waals surface area contributed by atoms with Crippen LogP contribution in [0, 0.1) is 10.1 Å². The first kappa shape index (κ1) is 15.5. The van der Waals surface area contributed by atoms with E-state index in [-0.39, 0.29) is 17.8 Å². The number of hydrogen-bond acceptors (Lipinski definition) is 5. The predicted molar refractivity (Wildman–Crippen MR) is 70.0 cm³/mol. The lowest BCUT2D eigenvalue weighted by Gasteiger charge is -2.31. The molecule has 2 atom stereocenters. The van der Waals surface area contributed by atoms with Gasteiger partial charge in [0, 0.05) is 12.1 Å². The molecule has 0 amide bonds. The van der Waals surface area contributed by atoms with E-state index in [2.05, 4.69) is 15.6 Å². The summed E-state index contributed by atoms with van der Waals surface area (Å²) in [4.78, 5) is 13.3. The number of rotatable bonds is 3. The number of aromatic nitrogens is 1. The number of alkyl halides is 3. The molecule has 0 spiro atoms. The minimum absolute atomic E-state index is 0.0147. The highest BCUT2D eigenvalue weighted by molar-refractivity contribution is 5.61. The van der Waals surface area contributed by atoms with Crippen molar-refractivity contribution in [2.75, 3.05) is 11.9 Å². The van der Waals surface area contributed by atoms with Crippen molar-refractivity contribution in [3.63, 3.8) is 0 Å². The summed E-state index contributed by atoms with van der Waals surface area (Å²) in [6.45, 7) is 2.71. The van der Waals surface area contributed by atoms with Crippen LogP contribution in [0.2, 0.25) is 0 Å². The molecule has 21 heavy (non-hydrogen) atoms. The van der Waals surface area contributed by atoms with Gasteiger partial charge in [-0.15, -0.1) is 0 Å². The van der Waals surface area contributed by atoms with Gasteiger partial charge in [0.2, 0.25) is 0 Å². The van der Waals surface area contributed by atoms with E-state index >= 15 is 0 Å². The molecule has 116 valence electrons. The van der Waals surface area contributed by atoms with Crippen molar-refractivity contribution in [1.29, 1.82) is 0 Å². The van der Waals surface area contributed by atoms with Gasteiger partial charge >= 0.3 is 11.9 Å². The van der Waals surface area contributed by atoms with Crippen molar-refractivity contribution in [1.82, 2.24) is 10.3 Å². The average molecular weight is 304 g/mol. The number of halogens is 3. The van der Waals surface area contributed by atoms with E-state index in [1.165, 1.54) is 0 Å². The first-order valence-electron chi connectivity index (χ1n) is 6.50. The molecular formula is C12H15F3N4O2. The van der Waals surface area contributed by atoms with Gasteiger partial charge in [-0.25, -0.2) is 4.98 Å². The van der Waals surface area contributed by atoms with E-state index < -0.39 is 22.5 Å². The van der Waals surface area contributed by atoms with Crippen LogP contribution in [0.1, 0.15) is 25.5 Å². The Morgan fingerprint density at radius 1 is 1.52 bits per heavy atom. The van der Waals surface area contributed by atoms with Gasteiger partial charge in [-0.1, -0.05) is 0 Å². The fourth-order valence-corrected chi connectivity index (χ4v) is 2.31. The normalized spacial score (nSPS) is 22.9. The lowest BCUT2D eigenvalue weighted by atomic mass is 9.99. The molecule has 0 saturated carbocycles. The predicted octanol–water partition coefficient (Wildman–Crippen LogP) is 2.56. The van der Waals surface area contributed by atoms with Gasteiger partial charge in [-0.2, -0.15) is 13.2 Å². The van der Waals surface area contributed by atoms with Gasteiger partial charge in [-0.05, 0) is 32.4 Å². The molecule has 2 rings (SSSR count). The minimum Gasteiger partial charge on any atom is -0.375 e. The van der Waals surface area contributed by atoms with E-state index in [0.29, 0.717) is 12.3 Å². The van der Waals surface area contributed by atoms with Crippen molar-refractivity contribution in [2.45, 2.75) is 38.0 Å². The van der Waals surface area contributed by atoms with Crippen molar-refractivity contribution in [2.24, 2.45) is 0 Å². The van der Waals surface area contributed by atoms with Crippen LogP contribution in [-0.2, 0) is 6.18 Å². The van der Waals surface area contributed by atoms with E-state index in [9.17, 15) is 23.3 Å². The molecule has 2 N–H and O–H groups in total. The van der Waals surface area contributed by atoms with Crippen molar-refractivity contribution in [3.05, 3.63) is 28.1 Å². The molecule has 0 aliphatic carbocycles. The third kappa shape index (κ3) is 3.60. The molecule has 0 aromatic carbocycles. The van der Waals surface area contributed by atoms with Crippen LogP contribution in [-0.4, -0.2) is 28.5 Å². The molecule has 0 radical (unpaired) electrons. The molecule has 1 saturated heterocycles. The first-order valence-corrected chi connectivity index (χ1v) is 6.50. The van der Waals surface area contributed by atoms with Gasteiger partial charge in [0.15, 0.2) is 0 Å². The molecule has 1 aliphatic rings. The van der Waals surface area contributed by atoms with Gasteiger partial charge in [-0.3, -0.25) is 10.1 Å². The number of nitrogens with one attached hydrogen (secondary N) is 2. The fourth-order valence-electron chi connectivity index (χ4n) is 2.31. The van der Waals surface area contributed by atoms with Crippen LogP contribution >= 0.6 is 0 Å². The molecule has 1 aliphatic heterocycles. The molecule has 1 aromatic rings. The number of nitro groups is 1. The summed E-state index contributed by atoms with van der Waals surface area (Å²) >= 11 is 0. The SMILES string of the molecule is CC1NCCCC1Nc1cc(C(F)(F)F)ncc1[N+](=O)[O-]. The Kier molecular flexibility index (Phi) is 4.31. The largest absolute Gasteiger partial charge is 0.433 e. The maximum absolute atomic E-state index is 12.7. The highest BCUT2D eigenvalue weighted by Crippen LogP contribution is 2.33. The Labute approximate surface area is 118 Å². The third-order valence-electron chi connectivity index (χ3n) is 3.47. The second kappa shape index (κ2) is 5.84. The van der Waals surface area contributed by atoms with Crippen LogP contribution < -0.4 is 10.6 Å². The summed E-state index contributed by atoms with van der Waals surface area (Å²) in [6, 6.07) is 0.543. The zero-order chi connectivity index (χ0) is 15.6. The van der Waals surface area contributed by atoms with Crippen molar-refractivity contribution >= 4 is 11.4 Å². The van der Waals surface area contributed by atoms with E-state index in [1.807, 2.05) is 6.92 Å². The Bertz CT molecular complexity index is 536. The summed E-state index contributed by atoms with van der Waals surface area (Å²) in [5.74, 6) is 0. The third-order valence-corrected chi connectivity index (χ3v) is 3.47. The lowest BCUT2D eigenvalue weighted by molar-refractivity contribution is -0.384. The van der Waals surface area contributed by atoms with Gasteiger partial charge in [0.25, 0.3) is 0 Å². The quantitative estimate of drug-likeness (QED) is 0.662. The Morgan fingerprint density at radius 2 is 2.24 bits per heavy atom. The zero-order valence-corrected chi connectivity index (χ0v) is 11.3. The number of hydrogen-bond donors (Lipinski definition) is 2. The summed E-state index contributed by atoms with van der Waals surface area (Å²) in [7, 11) is 0. The Balaban J connectivity index is 2.32. The standard InChI is InChI=1S/C12H15F3N4O2/c1-7-8(3-2-4-16-7)18-9-5-11(12(13,14)15)17-6-10(9)19(20)21/h5-8,16H,2-4H2,1H3,(H,17,18). The van der Waals surface area contributed by atoms with Gasteiger partial charge in [0.1, 0.15) is 17.6 Å². The summed E-state index contributed by atoms with van der Waals surface area (Å²) in [5.41, 5.74) is -1.75. The first-order chi connectivity index (χ1) is 9.79. The number of nitrogens with zero attached hydrogens (tertiary/aromatic N) is 2. The molecule has 2 heterocycles. The van der Waals surface area contributed by atoms with Crippen molar-refractivity contribution < 1.29 is 18.1 Å². The van der Waals surface area contributed by atoms with Gasteiger partial charge < -0.3 is 10.6 Å². The molecule has 2 unspecified atom stereocenters. The van der Waals surface area contributed by atoms with Crippen LogP contribution in [0.5, 0.6) is 0 Å². The smallest absolute Gasteiger partial charge is 0.375 e. The number of pyridine rings is 1. The number of piperidine rings is 1. The molecule has 1 fully saturated rings. The molecule has 0 bridgehead atoms. The molecule has 1 aromatic heterocycles. The minimum atomic E-state index is -4.64. The van der Waals surface area contributed by atoms with Crippen LogP contribution in [0.4, 0.5) is 24.5 Å². The van der Waals surface area contributed by atoms with Crippen LogP contribution in [0.3, 0.4) is 0 Å². The maximum atomic E-state index is 12.7. The van der Waals surface area contributed by atoms with Crippen molar-refractivity contribution in [3.8, 4) is 0 Å². The van der Waals surface area contributed by atoms with E-state index in [1.54, 1.807) is 0 Å². The Hall–Kier alpha value is -1.90. The average Bonchev–Trinajstić information content (AvgIpc) is 2.40. The monoisotopic (exact) mass is 304 g/mol. The second-order valence-corrected chi connectivity index (χ2v) is 4.98. The second-order valence-electron chi connectivity index (χ2n) is 4.98.